The molecule has 6 nitrogen and oxygen atoms in total. The molecular weight excluding hydrogens is 290 g/mol. The summed E-state index contributed by atoms with van der Waals surface area (Å²) in [5, 5.41) is 0.599. The van der Waals surface area contributed by atoms with E-state index in [4.69, 9.17) is 10.5 Å². The van der Waals surface area contributed by atoms with E-state index in [0.29, 0.717) is 17.7 Å². The van der Waals surface area contributed by atoms with Gasteiger partial charge < -0.3 is 15.5 Å². The topological polar surface area (TPSA) is 97.2 Å². The van der Waals surface area contributed by atoms with Crippen molar-refractivity contribution in [1.82, 2.24) is 9.71 Å². The molecule has 1 aromatic heterocycles. The van der Waals surface area contributed by atoms with Crippen molar-refractivity contribution in [3.63, 3.8) is 0 Å². The van der Waals surface area contributed by atoms with Crippen molar-refractivity contribution in [3.8, 4) is 0 Å². The summed E-state index contributed by atoms with van der Waals surface area (Å²) in [6.45, 7) is 2.52. The van der Waals surface area contributed by atoms with Gasteiger partial charge in [-0.05, 0) is 38.0 Å². The Morgan fingerprint density at radius 3 is 3.00 bits per heavy atom. The number of H-pyrrole nitrogens is 1. The van der Waals surface area contributed by atoms with Crippen molar-refractivity contribution in [2.24, 2.45) is 0 Å². The van der Waals surface area contributed by atoms with Crippen molar-refractivity contribution < 1.29 is 13.2 Å². The molecule has 114 valence electrons. The number of ether oxygens (including phenoxy) is 1. The summed E-state index contributed by atoms with van der Waals surface area (Å²) in [6, 6.07) is 4.91. The standard InChI is InChI=1S/C14H19N3O3S/c1-9(13-3-2-6-20-13)17-21(18,19)14-8-16-12-5-4-10(15)7-11(12)14/h4-5,7-9,13,16-17H,2-3,6,15H2,1H3. The van der Waals surface area contributed by atoms with Gasteiger partial charge in [-0.1, -0.05) is 0 Å². The number of rotatable bonds is 4. The number of nitrogens with two attached hydrogens (primary N) is 1. The van der Waals surface area contributed by atoms with E-state index in [1.165, 1.54) is 6.20 Å². The molecule has 2 unspecified atom stereocenters. The predicted molar refractivity (Wildman–Crippen MR) is 81.5 cm³/mol. The fourth-order valence-corrected chi connectivity index (χ4v) is 4.16. The number of fused-ring (bicyclic) bond motifs is 1. The van der Waals surface area contributed by atoms with Crippen LogP contribution in [-0.4, -0.2) is 32.2 Å². The monoisotopic (exact) mass is 309 g/mol. The maximum Gasteiger partial charge on any atom is 0.243 e. The molecule has 1 aromatic carbocycles. The van der Waals surface area contributed by atoms with Gasteiger partial charge in [-0.2, -0.15) is 0 Å². The van der Waals surface area contributed by atoms with Crippen molar-refractivity contribution in [2.45, 2.75) is 36.8 Å². The Labute approximate surface area is 123 Å². The molecule has 1 saturated heterocycles. The Balaban J connectivity index is 1.91. The molecule has 0 aliphatic carbocycles. The van der Waals surface area contributed by atoms with Gasteiger partial charge in [-0.15, -0.1) is 0 Å². The van der Waals surface area contributed by atoms with Crippen LogP contribution in [0.25, 0.3) is 10.9 Å². The van der Waals surface area contributed by atoms with Crippen LogP contribution in [0.1, 0.15) is 19.8 Å². The van der Waals surface area contributed by atoms with Crippen molar-refractivity contribution in [1.29, 1.82) is 0 Å². The lowest BCUT2D eigenvalue weighted by Gasteiger charge is -2.19. The van der Waals surface area contributed by atoms with Crippen LogP contribution in [0.3, 0.4) is 0 Å². The van der Waals surface area contributed by atoms with Crippen LogP contribution in [0, 0.1) is 0 Å². The summed E-state index contributed by atoms with van der Waals surface area (Å²) in [4.78, 5) is 3.18. The quantitative estimate of drug-likeness (QED) is 0.747. The number of nitrogen functional groups attached to an aromatic ring is 1. The molecule has 1 fully saturated rings. The lowest BCUT2D eigenvalue weighted by molar-refractivity contribution is 0.0902. The highest BCUT2D eigenvalue weighted by Gasteiger charge is 2.28. The number of sulfonamides is 1. The zero-order valence-electron chi connectivity index (χ0n) is 11.8. The van der Waals surface area contributed by atoms with Gasteiger partial charge in [-0.25, -0.2) is 13.1 Å². The molecule has 7 heteroatoms. The van der Waals surface area contributed by atoms with E-state index in [-0.39, 0.29) is 17.0 Å². The molecule has 1 aliphatic heterocycles. The number of hydrogen-bond acceptors (Lipinski definition) is 4. The Bertz CT molecular complexity index is 748. The molecule has 21 heavy (non-hydrogen) atoms. The first-order chi connectivity index (χ1) is 9.97. The molecule has 0 amide bonds. The minimum Gasteiger partial charge on any atom is -0.399 e. The van der Waals surface area contributed by atoms with Gasteiger partial charge in [-0.3, -0.25) is 0 Å². The highest BCUT2D eigenvalue weighted by Crippen LogP contribution is 2.25. The largest absolute Gasteiger partial charge is 0.399 e. The summed E-state index contributed by atoms with van der Waals surface area (Å²) in [5.41, 5.74) is 7.02. The Hall–Kier alpha value is -1.57. The molecular formula is C14H19N3O3S. The minimum absolute atomic E-state index is 0.0601. The molecule has 0 saturated carbocycles. The molecule has 2 atom stereocenters. The van der Waals surface area contributed by atoms with Gasteiger partial charge in [0, 0.05) is 35.4 Å². The zero-order chi connectivity index (χ0) is 15.0. The second-order valence-corrected chi connectivity index (χ2v) is 7.10. The van der Waals surface area contributed by atoms with Crippen LogP contribution < -0.4 is 10.5 Å². The Kier molecular flexibility index (Phi) is 3.64. The third kappa shape index (κ3) is 2.76. The Morgan fingerprint density at radius 1 is 1.48 bits per heavy atom. The fraction of sp³-hybridized carbons (Fsp3) is 0.429. The lowest BCUT2D eigenvalue weighted by atomic mass is 10.1. The molecule has 0 bridgehead atoms. The van der Waals surface area contributed by atoms with Crippen molar-refractivity contribution in [3.05, 3.63) is 24.4 Å². The molecule has 3 rings (SSSR count). The number of aromatic nitrogens is 1. The highest BCUT2D eigenvalue weighted by molar-refractivity contribution is 7.89. The molecule has 0 spiro atoms. The molecule has 4 N–H and O–H groups in total. The number of anilines is 1. The number of hydrogen-bond donors (Lipinski definition) is 3. The third-order valence-electron chi connectivity index (χ3n) is 3.82. The lowest BCUT2D eigenvalue weighted by Crippen LogP contribution is -2.40. The predicted octanol–water partition coefficient (Wildman–Crippen LogP) is 1.60. The first-order valence-electron chi connectivity index (χ1n) is 6.98. The van der Waals surface area contributed by atoms with Gasteiger partial charge in [0.25, 0.3) is 0 Å². The van der Waals surface area contributed by atoms with E-state index in [2.05, 4.69) is 9.71 Å². The van der Waals surface area contributed by atoms with Gasteiger partial charge in [0.1, 0.15) is 4.90 Å². The molecule has 1 aliphatic rings. The van der Waals surface area contributed by atoms with Crippen LogP contribution in [0.5, 0.6) is 0 Å². The zero-order valence-corrected chi connectivity index (χ0v) is 12.6. The summed E-state index contributed by atoms with van der Waals surface area (Å²) in [5.74, 6) is 0. The average Bonchev–Trinajstić information content (AvgIpc) is 3.07. The number of benzene rings is 1. The van der Waals surface area contributed by atoms with Crippen LogP contribution in [0.4, 0.5) is 5.69 Å². The highest BCUT2D eigenvalue weighted by atomic mass is 32.2. The first kappa shape index (κ1) is 14.4. The summed E-state index contributed by atoms with van der Waals surface area (Å²) in [6.07, 6.45) is 3.29. The smallest absolute Gasteiger partial charge is 0.243 e. The average molecular weight is 309 g/mol. The normalized spacial score (nSPS) is 20.9. The molecule has 2 aromatic rings. The van der Waals surface area contributed by atoms with Crippen LogP contribution in [0.15, 0.2) is 29.3 Å². The van der Waals surface area contributed by atoms with Crippen LogP contribution in [-0.2, 0) is 14.8 Å². The fourth-order valence-electron chi connectivity index (χ4n) is 2.72. The van der Waals surface area contributed by atoms with E-state index >= 15 is 0 Å². The molecule has 2 heterocycles. The van der Waals surface area contributed by atoms with Crippen molar-refractivity contribution >= 4 is 26.6 Å². The van der Waals surface area contributed by atoms with E-state index in [0.717, 1.165) is 18.4 Å². The van der Waals surface area contributed by atoms with Gasteiger partial charge in [0.2, 0.25) is 10.0 Å². The second kappa shape index (κ2) is 5.32. The van der Waals surface area contributed by atoms with Crippen LogP contribution >= 0.6 is 0 Å². The summed E-state index contributed by atoms with van der Waals surface area (Å²) in [7, 11) is -3.61. The third-order valence-corrected chi connectivity index (χ3v) is 5.42. The van der Waals surface area contributed by atoms with E-state index in [1.807, 2.05) is 6.92 Å². The Morgan fingerprint density at radius 2 is 2.29 bits per heavy atom. The molecule has 0 radical (unpaired) electrons. The van der Waals surface area contributed by atoms with Crippen LogP contribution in [0.2, 0.25) is 0 Å². The van der Waals surface area contributed by atoms with Gasteiger partial charge >= 0.3 is 0 Å². The maximum absolute atomic E-state index is 12.6. The van der Waals surface area contributed by atoms with Gasteiger partial charge in [0.05, 0.1) is 6.10 Å². The van der Waals surface area contributed by atoms with Crippen molar-refractivity contribution in [2.75, 3.05) is 12.3 Å². The van der Waals surface area contributed by atoms with Gasteiger partial charge in [0.15, 0.2) is 0 Å². The second-order valence-electron chi connectivity index (χ2n) is 5.42. The van der Waals surface area contributed by atoms with E-state index in [9.17, 15) is 8.42 Å². The summed E-state index contributed by atoms with van der Waals surface area (Å²) >= 11 is 0. The summed E-state index contributed by atoms with van der Waals surface area (Å²) < 4.78 is 33.3. The SMILES string of the molecule is CC(NS(=O)(=O)c1c[nH]c2ccc(N)cc12)C1CCCO1. The number of aromatic amines is 1. The number of nitrogens with one attached hydrogen (secondary N) is 2. The minimum atomic E-state index is -3.61. The van der Waals surface area contributed by atoms with E-state index < -0.39 is 10.0 Å². The first-order valence-corrected chi connectivity index (χ1v) is 8.46. The maximum atomic E-state index is 12.6. The van der Waals surface area contributed by atoms with E-state index in [1.54, 1.807) is 18.2 Å².